The van der Waals surface area contributed by atoms with Crippen LogP contribution in [0.3, 0.4) is 0 Å². The Balaban J connectivity index is 1.26. The van der Waals surface area contributed by atoms with Gasteiger partial charge in [-0.05, 0) is 30.2 Å². The lowest BCUT2D eigenvalue weighted by Crippen LogP contribution is -2.52. The molecule has 0 unspecified atom stereocenters. The molecule has 2 aromatic carbocycles. The smallest absolute Gasteiger partial charge is 0.317 e. The number of nitrogens with zero attached hydrogens (tertiary/aromatic N) is 2. The molecule has 0 radical (unpaired) electrons. The number of fused-ring (bicyclic) bond motifs is 1. The first-order valence-electron chi connectivity index (χ1n) is 9.71. The molecule has 1 aliphatic rings. The SMILES string of the molecule is COc1cccc(N2CCN(C(=O)NCCc3c[nH]c4ccccc34)CC2)c1. The molecule has 2 amide bonds. The first-order chi connectivity index (χ1) is 13.7. The van der Waals surface area contributed by atoms with Crippen LogP contribution in [0.4, 0.5) is 10.5 Å². The van der Waals surface area contributed by atoms with E-state index in [0.29, 0.717) is 6.54 Å². The van der Waals surface area contributed by atoms with Crippen LogP contribution in [0.1, 0.15) is 5.56 Å². The summed E-state index contributed by atoms with van der Waals surface area (Å²) in [5.41, 5.74) is 3.51. The Kier molecular flexibility index (Phi) is 5.37. The summed E-state index contributed by atoms with van der Waals surface area (Å²) in [6.45, 7) is 3.72. The summed E-state index contributed by atoms with van der Waals surface area (Å²) in [5, 5.41) is 4.29. The van der Waals surface area contributed by atoms with Gasteiger partial charge >= 0.3 is 6.03 Å². The first kappa shape index (κ1) is 18.2. The minimum atomic E-state index is 0.0186. The Hall–Kier alpha value is -3.15. The molecule has 2 heterocycles. The topological polar surface area (TPSA) is 60.6 Å². The molecule has 2 N–H and O–H groups in total. The van der Waals surface area contributed by atoms with Crippen molar-refractivity contribution >= 4 is 22.6 Å². The van der Waals surface area contributed by atoms with Gasteiger partial charge in [-0.15, -0.1) is 0 Å². The summed E-state index contributed by atoms with van der Waals surface area (Å²) in [6.07, 6.45) is 2.85. The Bertz CT molecular complexity index is 944. The first-order valence-corrected chi connectivity index (χ1v) is 9.71. The van der Waals surface area contributed by atoms with Gasteiger partial charge in [-0.3, -0.25) is 0 Å². The van der Waals surface area contributed by atoms with Gasteiger partial charge in [-0.2, -0.15) is 0 Å². The third kappa shape index (κ3) is 3.91. The number of carbonyl (C=O) groups is 1. The molecular formula is C22H26N4O2. The molecule has 28 heavy (non-hydrogen) atoms. The number of methoxy groups -OCH3 is 1. The van der Waals surface area contributed by atoms with Crippen molar-refractivity contribution in [2.24, 2.45) is 0 Å². The highest BCUT2D eigenvalue weighted by Crippen LogP contribution is 2.22. The van der Waals surface area contributed by atoms with E-state index in [9.17, 15) is 4.79 Å². The molecule has 0 aliphatic carbocycles. The predicted molar refractivity (Wildman–Crippen MR) is 112 cm³/mol. The molecule has 1 saturated heterocycles. The van der Waals surface area contributed by atoms with Gasteiger partial charge in [0.1, 0.15) is 5.75 Å². The molecule has 4 rings (SSSR count). The number of hydrogen-bond acceptors (Lipinski definition) is 3. The van der Waals surface area contributed by atoms with Crippen LogP contribution in [-0.2, 0) is 6.42 Å². The number of piperazine rings is 1. The van der Waals surface area contributed by atoms with Gasteiger partial charge in [0, 0.05) is 61.6 Å². The summed E-state index contributed by atoms with van der Waals surface area (Å²) in [5.74, 6) is 0.856. The maximum Gasteiger partial charge on any atom is 0.317 e. The number of benzene rings is 2. The Labute approximate surface area is 165 Å². The van der Waals surface area contributed by atoms with E-state index in [1.54, 1.807) is 7.11 Å². The van der Waals surface area contributed by atoms with Crippen molar-refractivity contribution in [2.45, 2.75) is 6.42 Å². The van der Waals surface area contributed by atoms with E-state index in [-0.39, 0.29) is 6.03 Å². The van der Waals surface area contributed by atoms with Crippen molar-refractivity contribution < 1.29 is 9.53 Å². The van der Waals surface area contributed by atoms with E-state index >= 15 is 0 Å². The highest BCUT2D eigenvalue weighted by Gasteiger charge is 2.21. The van der Waals surface area contributed by atoms with Gasteiger partial charge in [0.25, 0.3) is 0 Å². The predicted octanol–water partition coefficient (Wildman–Crippen LogP) is 3.25. The van der Waals surface area contributed by atoms with E-state index in [4.69, 9.17) is 4.74 Å². The minimum absolute atomic E-state index is 0.0186. The Morgan fingerprint density at radius 1 is 1.11 bits per heavy atom. The molecule has 0 bridgehead atoms. The highest BCUT2D eigenvalue weighted by molar-refractivity contribution is 5.83. The molecule has 0 spiro atoms. The zero-order valence-corrected chi connectivity index (χ0v) is 16.1. The summed E-state index contributed by atoms with van der Waals surface area (Å²) in [7, 11) is 1.68. The Morgan fingerprint density at radius 3 is 2.75 bits per heavy atom. The van der Waals surface area contributed by atoms with Crippen molar-refractivity contribution in [3.8, 4) is 5.75 Å². The number of amides is 2. The van der Waals surface area contributed by atoms with Gasteiger partial charge in [-0.1, -0.05) is 24.3 Å². The molecule has 146 valence electrons. The zero-order valence-electron chi connectivity index (χ0n) is 16.1. The summed E-state index contributed by atoms with van der Waals surface area (Å²) in [6, 6.07) is 16.3. The van der Waals surface area contributed by atoms with Crippen LogP contribution < -0.4 is 15.0 Å². The quantitative estimate of drug-likeness (QED) is 0.716. The molecule has 1 aliphatic heterocycles. The van der Waals surface area contributed by atoms with Gasteiger partial charge in [-0.25, -0.2) is 4.79 Å². The fourth-order valence-corrected chi connectivity index (χ4v) is 3.73. The largest absolute Gasteiger partial charge is 0.497 e. The van der Waals surface area contributed by atoms with Crippen LogP contribution in [0, 0.1) is 0 Å². The normalized spacial score (nSPS) is 14.3. The van der Waals surface area contributed by atoms with Gasteiger partial charge < -0.3 is 24.8 Å². The second-order valence-corrected chi connectivity index (χ2v) is 7.02. The summed E-state index contributed by atoms with van der Waals surface area (Å²) < 4.78 is 5.30. The molecule has 0 atom stereocenters. The number of ether oxygens (including phenoxy) is 1. The summed E-state index contributed by atoms with van der Waals surface area (Å²) >= 11 is 0. The van der Waals surface area contributed by atoms with Crippen LogP contribution >= 0.6 is 0 Å². The van der Waals surface area contributed by atoms with E-state index in [2.05, 4.69) is 33.4 Å². The lowest BCUT2D eigenvalue weighted by molar-refractivity contribution is 0.194. The van der Waals surface area contributed by atoms with Crippen LogP contribution in [0.2, 0.25) is 0 Å². The van der Waals surface area contributed by atoms with Crippen LogP contribution in [0.5, 0.6) is 5.75 Å². The number of nitrogens with one attached hydrogen (secondary N) is 2. The average Bonchev–Trinajstić information content (AvgIpc) is 3.17. The molecule has 3 aromatic rings. The van der Waals surface area contributed by atoms with Crippen molar-refractivity contribution in [2.75, 3.05) is 44.7 Å². The molecule has 1 fully saturated rings. The lowest BCUT2D eigenvalue weighted by Gasteiger charge is -2.36. The number of H-pyrrole nitrogens is 1. The second-order valence-electron chi connectivity index (χ2n) is 7.02. The minimum Gasteiger partial charge on any atom is -0.497 e. The van der Waals surface area contributed by atoms with Crippen LogP contribution in [0.25, 0.3) is 10.9 Å². The number of aromatic amines is 1. The standard InChI is InChI=1S/C22H26N4O2/c1-28-19-6-4-5-18(15-19)25-11-13-26(14-12-25)22(27)23-10-9-17-16-24-21-8-3-2-7-20(17)21/h2-8,15-16,24H,9-14H2,1H3,(H,23,27). The Morgan fingerprint density at radius 2 is 1.93 bits per heavy atom. The van der Waals surface area contributed by atoms with E-state index in [1.807, 2.05) is 41.4 Å². The number of aromatic nitrogens is 1. The molecule has 6 nitrogen and oxygen atoms in total. The number of carbonyl (C=O) groups excluding carboxylic acids is 1. The molecule has 6 heteroatoms. The number of rotatable bonds is 5. The van der Waals surface area contributed by atoms with Crippen molar-refractivity contribution in [3.05, 3.63) is 60.3 Å². The fraction of sp³-hybridized carbons (Fsp3) is 0.318. The monoisotopic (exact) mass is 378 g/mol. The zero-order chi connectivity index (χ0) is 19.3. The maximum absolute atomic E-state index is 12.5. The van der Waals surface area contributed by atoms with E-state index in [1.165, 1.54) is 10.9 Å². The average molecular weight is 378 g/mol. The van der Waals surface area contributed by atoms with Crippen molar-refractivity contribution in [1.82, 2.24) is 15.2 Å². The van der Waals surface area contributed by atoms with E-state index < -0.39 is 0 Å². The van der Waals surface area contributed by atoms with Gasteiger partial charge in [0.15, 0.2) is 0 Å². The van der Waals surface area contributed by atoms with Crippen LogP contribution in [-0.4, -0.2) is 55.7 Å². The van der Waals surface area contributed by atoms with Gasteiger partial charge in [0.2, 0.25) is 0 Å². The third-order valence-corrected chi connectivity index (χ3v) is 5.33. The van der Waals surface area contributed by atoms with Crippen LogP contribution in [0.15, 0.2) is 54.7 Å². The second kappa shape index (κ2) is 8.25. The number of para-hydroxylation sites is 1. The fourth-order valence-electron chi connectivity index (χ4n) is 3.73. The molecule has 0 saturated carbocycles. The molecule has 1 aromatic heterocycles. The number of urea groups is 1. The maximum atomic E-state index is 12.5. The third-order valence-electron chi connectivity index (χ3n) is 5.33. The van der Waals surface area contributed by atoms with Crippen molar-refractivity contribution in [1.29, 1.82) is 0 Å². The van der Waals surface area contributed by atoms with Crippen molar-refractivity contribution in [3.63, 3.8) is 0 Å². The van der Waals surface area contributed by atoms with E-state index in [0.717, 1.165) is 49.6 Å². The number of anilines is 1. The molecular weight excluding hydrogens is 352 g/mol. The lowest BCUT2D eigenvalue weighted by atomic mass is 10.1. The summed E-state index contributed by atoms with van der Waals surface area (Å²) in [4.78, 5) is 20.0. The highest BCUT2D eigenvalue weighted by atomic mass is 16.5. The van der Waals surface area contributed by atoms with Gasteiger partial charge in [0.05, 0.1) is 7.11 Å². The number of hydrogen-bond donors (Lipinski definition) is 2.